The van der Waals surface area contributed by atoms with Gasteiger partial charge in [-0.1, -0.05) is 30.3 Å². The van der Waals surface area contributed by atoms with Gasteiger partial charge in [-0.3, -0.25) is 0 Å². The van der Waals surface area contributed by atoms with Gasteiger partial charge in [0.2, 0.25) is 5.75 Å². The lowest BCUT2D eigenvalue weighted by molar-refractivity contribution is 0.324. The van der Waals surface area contributed by atoms with Crippen LogP contribution in [0.15, 0.2) is 77.1 Å². The summed E-state index contributed by atoms with van der Waals surface area (Å²) in [6.45, 7) is 0.672. The summed E-state index contributed by atoms with van der Waals surface area (Å²) in [5, 5.41) is 2.10. The zero-order chi connectivity index (χ0) is 23.2. The van der Waals surface area contributed by atoms with Gasteiger partial charge in [0.05, 0.1) is 46.4 Å². The highest BCUT2D eigenvalue weighted by Crippen LogP contribution is 2.41. The molecule has 0 fully saturated rings. The number of benzene rings is 3. The van der Waals surface area contributed by atoms with Gasteiger partial charge in [0, 0.05) is 10.9 Å². The van der Waals surface area contributed by atoms with Crippen molar-refractivity contribution in [1.29, 1.82) is 0 Å². The smallest absolute Gasteiger partial charge is 0.203 e. The van der Waals surface area contributed by atoms with Crippen molar-refractivity contribution in [2.24, 2.45) is 4.99 Å². The lowest BCUT2D eigenvalue weighted by atomic mass is 10.1. The van der Waals surface area contributed by atoms with E-state index in [1.165, 1.54) is 5.56 Å². The molecule has 0 aliphatic rings. The SMILES string of the molecule is COc1ccc(N=c2scc(-c3cc(OC)c(OC)c(OC)c3)n2Cc2ccccc2)cc1. The molecular weight excluding hydrogens is 436 g/mol. The van der Waals surface area contributed by atoms with Crippen molar-refractivity contribution in [1.82, 2.24) is 4.57 Å². The first-order valence-corrected chi connectivity index (χ1v) is 11.3. The number of methoxy groups -OCH3 is 4. The van der Waals surface area contributed by atoms with E-state index in [2.05, 4.69) is 22.1 Å². The molecule has 4 aromatic rings. The van der Waals surface area contributed by atoms with Crippen LogP contribution >= 0.6 is 11.3 Å². The third-order valence-corrected chi connectivity index (χ3v) is 6.10. The van der Waals surface area contributed by atoms with Gasteiger partial charge in [0.1, 0.15) is 5.75 Å². The third kappa shape index (κ3) is 4.88. The van der Waals surface area contributed by atoms with E-state index in [9.17, 15) is 0 Å². The number of rotatable bonds is 8. The molecule has 0 aliphatic heterocycles. The molecule has 0 saturated heterocycles. The number of hydrogen-bond acceptors (Lipinski definition) is 6. The second-order valence-electron chi connectivity index (χ2n) is 7.20. The van der Waals surface area contributed by atoms with Crippen LogP contribution in [0.3, 0.4) is 0 Å². The van der Waals surface area contributed by atoms with Crippen LogP contribution in [0.25, 0.3) is 11.3 Å². The molecule has 0 saturated carbocycles. The average Bonchev–Trinajstić information content (AvgIpc) is 3.25. The minimum Gasteiger partial charge on any atom is -0.497 e. The largest absolute Gasteiger partial charge is 0.497 e. The highest BCUT2D eigenvalue weighted by atomic mass is 32.1. The van der Waals surface area contributed by atoms with E-state index in [1.807, 2.05) is 54.6 Å². The Morgan fingerprint density at radius 2 is 1.45 bits per heavy atom. The van der Waals surface area contributed by atoms with E-state index in [0.717, 1.165) is 27.5 Å². The first kappa shape index (κ1) is 22.5. The monoisotopic (exact) mass is 462 g/mol. The van der Waals surface area contributed by atoms with E-state index in [-0.39, 0.29) is 0 Å². The highest BCUT2D eigenvalue weighted by molar-refractivity contribution is 7.07. The van der Waals surface area contributed by atoms with Crippen LogP contribution in [-0.2, 0) is 6.54 Å². The molecule has 7 heteroatoms. The molecular formula is C26H26N2O4S. The minimum absolute atomic E-state index is 0.566. The summed E-state index contributed by atoms with van der Waals surface area (Å²) in [5.41, 5.74) is 4.00. The van der Waals surface area contributed by atoms with E-state index in [4.69, 9.17) is 23.9 Å². The Hall–Kier alpha value is -3.71. The van der Waals surface area contributed by atoms with Crippen molar-refractivity contribution in [2.75, 3.05) is 28.4 Å². The maximum absolute atomic E-state index is 5.58. The molecule has 170 valence electrons. The normalized spacial score (nSPS) is 11.3. The number of hydrogen-bond donors (Lipinski definition) is 0. The first-order chi connectivity index (χ1) is 16.2. The number of nitrogens with zero attached hydrogens (tertiary/aromatic N) is 2. The number of aromatic nitrogens is 1. The second-order valence-corrected chi connectivity index (χ2v) is 8.04. The molecule has 0 radical (unpaired) electrons. The van der Waals surface area contributed by atoms with Gasteiger partial charge in [0.15, 0.2) is 16.3 Å². The predicted molar refractivity (Wildman–Crippen MR) is 131 cm³/mol. The molecule has 1 heterocycles. The Kier molecular flexibility index (Phi) is 7.00. The number of thiazole rings is 1. The van der Waals surface area contributed by atoms with Gasteiger partial charge in [0.25, 0.3) is 0 Å². The summed E-state index contributed by atoms with van der Waals surface area (Å²) in [7, 11) is 6.50. The minimum atomic E-state index is 0.566. The summed E-state index contributed by atoms with van der Waals surface area (Å²) >= 11 is 1.58. The van der Waals surface area contributed by atoms with E-state index < -0.39 is 0 Å². The molecule has 3 aromatic carbocycles. The molecule has 1 aromatic heterocycles. The van der Waals surface area contributed by atoms with Gasteiger partial charge in [-0.25, -0.2) is 4.99 Å². The Labute approximate surface area is 197 Å². The van der Waals surface area contributed by atoms with Gasteiger partial charge >= 0.3 is 0 Å². The Morgan fingerprint density at radius 1 is 0.788 bits per heavy atom. The summed E-state index contributed by atoms with van der Waals surface area (Å²) in [6, 6.07) is 22.0. The molecule has 0 bridgehead atoms. The van der Waals surface area contributed by atoms with Crippen molar-refractivity contribution in [3.05, 3.63) is 82.5 Å². The molecule has 0 atom stereocenters. The van der Waals surface area contributed by atoms with Crippen molar-refractivity contribution < 1.29 is 18.9 Å². The van der Waals surface area contributed by atoms with Crippen LogP contribution in [0.5, 0.6) is 23.0 Å². The van der Waals surface area contributed by atoms with E-state index in [1.54, 1.807) is 39.8 Å². The number of ether oxygens (including phenoxy) is 4. The lowest BCUT2D eigenvalue weighted by Crippen LogP contribution is -2.16. The van der Waals surface area contributed by atoms with Crippen LogP contribution in [0.4, 0.5) is 5.69 Å². The lowest BCUT2D eigenvalue weighted by Gasteiger charge is -2.15. The Bertz CT molecular complexity index is 1250. The van der Waals surface area contributed by atoms with Crippen molar-refractivity contribution in [3.63, 3.8) is 0 Å². The van der Waals surface area contributed by atoms with E-state index in [0.29, 0.717) is 23.8 Å². The van der Waals surface area contributed by atoms with Crippen LogP contribution in [0, 0.1) is 0 Å². The quantitative estimate of drug-likeness (QED) is 0.345. The maximum atomic E-state index is 5.58. The summed E-state index contributed by atoms with van der Waals surface area (Å²) in [5.74, 6) is 2.59. The van der Waals surface area contributed by atoms with E-state index >= 15 is 0 Å². The fourth-order valence-corrected chi connectivity index (χ4v) is 4.49. The predicted octanol–water partition coefficient (Wildman–Crippen LogP) is 5.53. The zero-order valence-corrected chi connectivity index (χ0v) is 19.9. The van der Waals surface area contributed by atoms with Crippen molar-refractivity contribution >= 4 is 17.0 Å². The van der Waals surface area contributed by atoms with Crippen LogP contribution in [-0.4, -0.2) is 33.0 Å². The molecule has 6 nitrogen and oxygen atoms in total. The Balaban J connectivity index is 1.87. The third-order valence-electron chi connectivity index (χ3n) is 5.24. The topological polar surface area (TPSA) is 54.2 Å². The Morgan fingerprint density at radius 3 is 2.03 bits per heavy atom. The molecule has 0 N–H and O–H groups in total. The molecule has 33 heavy (non-hydrogen) atoms. The molecule has 0 unspecified atom stereocenters. The van der Waals surface area contributed by atoms with Crippen LogP contribution in [0.2, 0.25) is 0 Å². The molecule has 0 aliphatic carbocycles. The maximum Gasteiger partial charge on any atom is 0.203 e. The molecule has 0 amide bonds. The van der Waals surface area contributed by atoms with Crippen molar-refractivity contribution in [3.8, 4) is 34.3 Å². The molecule has 4 rings (SSSR count). The van der Waals surface area contributed by atoms with Gasteiger partial charge < -0.3 is 23.5 Å². The summed E-state index contributed by atoms with van der Waals surface area (Å²) < 4.78 is 24.1. The van der Waals surface area contributed by atoms with Gasteiger partial charge in [-0.05, 0) is 42.0 Å². The standard InChI is InChI=1S/C26H26N2O4S/c1-29-21-12-10-20(11-13-21)27-26-28(16-18-8-6-5-7-9-18)22(17-33-26)19-14-23(30-2)25(32-4)24(15-19)31-3/h5-15,17H,16H2,1-4H3. The van der Waals surface area contributed by atoms with Gasteiger partial charge in [-0.2, -0.15) is 0 Å². The summed E-state index contributed by atoms with van der Waals surface area (Å²) in [4.78, 5) is 5.80. The zero-order valence-electron chi connectivity index (χ0n) is 19.1. The second kappa shape index (κ2) is 10.3. The molecule has 0 spiro atoms. The van der Waals surface area contributed by atoms with Crippen molar-refractivity contribution in [2.45, 2.75) is 6.54 Å². The average molecular weight is 463 g/mol. The van der Waals surface area contributed by atoms with Gasteiger partial charge in [-0.15, -0.1) is 11.3 Å². The summed E-state index contributed by atoms with van der Waals surface area (Å²) in [6.07, 6.45) is 0. The highest BCUT2D eigenvalue weighted by Gasteiger charge is 2.17. The fraction of sp³-hybridized carbons (Fsp3) is 0.192. The van der Waals surface area contributed by atoms with Crippen LogP contribution < -0.4 is 23.7 Å². The van der Waals surface area contributed by atoms with Crippen LogP contribution in [0.1, 0.15) is 5.56 Å². The fourth-order valence-electron chi connectivity index (χ4n) is 3.56. The first-order valence-electron chi connectivity index (χ1n) is 10.4.